The van der Waals surface area contributed by atoms with E-state index < -0.39 is 0 Å². The van der Waals surface area contributed by atoms with Crippen LogP contribution in [0.25, 0.3) is 143 Å². The SMILES string of the molecule is Cc1cc2c(-c3ccc(-c4ccc(-c5ccc6c(c5)c5cc(C(C)(C)C)ccc5n6-c5ccccc5)cc4)cc3)c3ccccc3c(-c3ccc(-c4ccc(-c5ccc6c(c5)c5cc(C(C)(C)C)ccc5n6-c5ccccc5)cc4)cc3)c2cc1C. The number of aromatic nitrogens is 2. The van der Waals surface area contributed by atoms with E-state index in [0.717, 1.165) is 0 Å². The predicted molar refractivity (Wildman–Crippen MR) is 370 cm³/mol. The molecule has 414 valence electrons. The minimum Gasteiger partial charge on any atom is -0.309 e. The zero-order valence-electron chi connectivity index (χ0n) is 50.3. The van der Waals surface area contributed by atoms with Crippen molar-refractivity contribution < 1.29 is 0 Å². The van der Waals surface area contributed by atoms with Gasteiger partial charge in [0.1, 0.15) is 0 Å². The fraction of sp³-hybridized carbons (Fsp3) is 0.119. The van der Waals surface area contributed by atoms with Crippen LogP contribution >= 0.6 is 0 Å². The molecule has 0 fully saturated rings. The van der Waals surface area contributed by atoms with E-state index in [-0.39, 0.29) is 10.8 Å². The molecule has 0 amide bonds. The van der Waals surface area contributed by atoms with Crippen molar-refractivity contribution in [1.29, 1.82) is 0 Å². The molecule has 15 aromatic rings. The standard InChI is InChI=1S/C84H68N2/c1-53-47-75-76(48-54(53)2)82(62-37-33-58(34-38-62)56-25-29-60(30-26-56)64-40-44-78-72(50-64)74-52-66(84(6,7)8)42-46-80(74)86(78)68-19-13-10-14-20-68)70-22-16-15-21-69(70)81(75)61-35-31-57(32-36-61)55-23-27-59(28-24-55)63-39-43-77-71(49-63)73-51-65(83(3,4)5)41-45-79(73)85(77)67-17-11-9-12-18-67/h9-52H,1-8H3. The summed E-state index contributed by atoms with van der Waals surface area (Å²) in [6.45, 7) is 18.3. The summed E-state index contributed by atoms with van der Waals surface area (Å²) in [6, 6.07) is 100. The third-order valence-corrected chi connectivity index (χ3v) is 18.4. The van der Waals surface area contributed by atoms with E-state index >= 15 is 0 Å². The molecule has 2 nitrogen and oxygen atoms in total. The monoisotopic (exact) mass is 1100 g/mol. The average molecular weight is 1110 g/mol. The van der Waals surface area contributed by atoms with Crippen molar-refractivity contribution >= 4 is 65.2 Å². The van der Waals surface area contributed by atoms with E-state index in [1.807, 2.05) is 0 Å². The molecule has 2 heterocycles. The molecule has 0 saturated carbocycles. The van der Waals surface area contributed by atoms with Crippen LogP contribution in [-0.2, 0) is 10.8 Å². The molecule has 13 aromatic carbocycles. The molecule has 0 aliphatic rings. The lowest BCUT2D eigenvalue weighted by Gasteiger charge is -2.19. The minimum absolute atomic E-state index is 0.0446. The number of rotatable bonds is 8. The highest BCUT2D eigenvalue weighted by atomic mass is 15.0. The van der Waals surface area contributed by atoms with Gasteiger partial charge >= 0.3 is 0 Å². The normalized spacial score (nSPS) is 12.2. The summed E-state index contributed by atoms with van der Waals surface area (Å²) < 4.78 is 4.81. The maximum atomic E-state index is 2.42. The van der Waals surface area contributed by atoms with Crippen molar-refractivity contribution in [2.75, 3.05) is 0 Å². The Bertz CT molecular complexity index is 4790. The molecule has 0 spiro atoms. The van der Waals surface area contributed by atoms with Crippen LogP contribution in [0.15, 0.2) is 267 Å². The van der Waals surface area contributed by atoms with Crippen LogP contribution in [0.5, 0.6) is 0 Å². The number of para-hydroxylation sites is 2. The van der Waals surface area contributed by atoms with E-state index in [1.165, 1.54) is 166 Å². The van der Waals surface area contributed by atoms with Crippen LogP contribution in [-0.4, -0.2) is 9.13 Å². The van der Waals surface area contributed by atoms with E-state index in [2.05, 4.69) is 331 Å². The van der Waals surface area contributed by atoms with Gasteiger partial charge in [0.05, 0.1) is 22.1 Å². The number of benzene rings is 13. The summed E-state index contributed by atoms with van der Waals surface area (Å²) in [6.07, 6.45) is 0. The molecule has 0 saturated heterocycles. The predicted octanol–water partition coefficient (Wildman–Crippen LogP) is 23.4. The Balaban J connectivity index is 0.733. The first-order valence-corrected chi connectivity index (χ1v) is 30.4. The van der Waals surface area contributed by atoms with E-state index in [1.54, 1.807) is 0 Å². The molecule has 0 radical (unpaired) electrons. The second-order valence-corrected chi connectivity index (χ2v) is 25.9. The zero-order chi connectivity index (χ0) is 58.6. The third kappa shape index (κ3) is 9.02. The van der Waals surface area contributed by atoms with Crippen LogP contribution in [0.3, 0.4) is 0 Å². The second kappa shape index (κ2) is 20.4. The van der Waals surface area contributed by atoms with Gasteiger partial charge in [0.15, 0.2) is 0 Å². The fourth-order valence-corrected chi connectivity index (χ4v) is 13.5. The number of hydrogen-bond acceptors (Lipinski definition) is 0. The quantitative estimate of drug-likeness (QED) is 0.134. The fourth-order valence-electron chi connectivity index (χ4n) is 13.5. The van der Waals surface area contributed by atoms with Gasteiger partial charge in [0.25, 0.3) is 0 Å². The highest BCUT2D eigenvalue weighted by Gasteiger charge is 2.23. The summed E-state index contributed by atoms with van der Waals surface area (Å²) in [7, 11) is 0. The molecular formula is C84H68N2. The van der Waals surface area contributed by atoms with Gasteiger partial charge in [0.2, 0.25) is 0 Å². The van der Waals surface area contributed by atoms with Crippen LogP contribution in [0, 0.1) is 13.8 Å². The molecule has 2 aromatic heterocycles. The molecule has 0 bridgehead atoms. The van der Waals surface area contributed by atoms with Crippen LogP contribution in [0.2, 0.25) is 0 Å². The van der Waals surface area contributed by atoms with Crippen LogP contribution in [0.1, 0.15) is 63.8 Å². The molecule has 15 rings (SSSR count). The Hall–Kier alpha value is -10.0. The van der Waals surface area contributed by atoms with Gasteiger partial charge in [-0.25, -0.2) is 0 Å². The van der Waals surface area contributed by atoms with Crippen LogP contribution < -0.4 is 0 Å². The summed E-state index contributed by atoms with van der Waals surface area (Å²) in [4.78, 5) is 0. The van der Waals surface area contributed by atoms with Crippen molar-refractivity contribution in [3.8, 4) is 78.1 Å². The summed E-state index contributed by atoms with van der Waals surface area (Å²) in [5.74, 6) is 0. The topological polar surface area (TPSA) is 9.86 Å². The first kappa shape index (κ1) is 52.8. The van der Waals surface area contributed by atoms with Crippen molar-refractivity contribution in [2.24, 2.45) is 0 Å². The number of nitrogens with zero attached hydrogens (tertiary/aromatic N) is 2. The number of aryl methyl sites for hydroxylation is 2. The van der Waals surface area contributed by atoms with Gasteiger partial charge in [-0.05, 0) is 208 Å². The molecular weight excluding hydrogens is 1040 g/mol. The minimum atomic E-state index is 0.0446. The van der Waals surface area contributed by atoms with Gasteiger partial charge in [-0.3, -0.25) is 0 Å². The summed E-state index contributed by atoms with van der Waals surface area (Å²) in [5, 5.41) is 10.2. The zero-order valence-corrected chi connectivity index (χ0v) is 50.3. The highest BCUT2D eigenvalue weighted by molar-refractivity contribution is 6.22. The van der Waals surface area contributed by atoms with Gasteiger partial charge in [0, 0.05) is 32.9 Å². The Morgan fingerprint density at radius 1 is 0.221 bits per heavy atom. The molecule has 86 heavy (non-hydrogen) atoms. The third-order valence-electron chi connectivity index (χ3n) is 18.4. The lowest BCUT2D eigenvalue weighted by molar-refractivity contribution is 0.591. The van der Waals surface area contributed by atoms with Gasteiger partial charge in [-0.1, -0.05) is 236 Å². The average Bonchev–Trinajstić information content (AvgIpc) is 1.76. The van der Waals surface area contributed by atoms with Crippen LogP contribution in [0.4, 0.5) is 0 Å². The number of hydrogen-bond donors (Lipinski definition) is 0. The van der Waals surface area contributed by atoms with Crippen molar-refractivity contribution in [2.45, 2.75) is 66.2 Å². The summed E-state index contributed by atoms with van der Waals surface area (Å²) >= 11 is 0. The first-order chi connectivity index (χ1) is 41.7. The van der Waals surface area contributed by atoms with E-state index in [9.17, 15) is 0 Å². The van der Waals surface area contributed by atoms with E-state index in [4.69, 9.17) is 0 Å². The molecule has 0 aliphatic carbocycles. The largest absolute Gasteiger partial charge is 0.309 e. The number of fused-ring (bicyclic) bond motifs is 8. The molecule has 2 heteroatoms. The Labute approximate surface area is 504 Å². The van der Waals surface area contributed by atoms with Gasteiger partial charge in [-0.15, -0.1) is 0 Å². The van der Waals surface area contributed by atoms with Gasteiger partial charge in [-0.2, -0.15) is 0 Å². The summed E-state index contributed by atoms with van der Waals surface area (Å²) in [5.41, 5.74) is 27.2. The second-order valence-electron chi connectivity index (χ2n) is 25.9. The first-order valence-electron chi connectivity index (χ1n) is 30.4. The van der Waals surface area contributed by atoms with Crippen molar-refractivity contribution in [1.82, 2.24) is 9.13 Å². The van der Waals surface area contributed by atoms with Crippen molar-refractivity contribution in [3.63, 3.8) is 0 Å². The molecule has 0 atom stereocenters. The highest BCUT2D eigenvalue weighted by Crippen LogP contribution is 2.46. The lowest BCUT2D eigenvalue weighted by Crippen LogP contribution is -2.10. The Kier molecular flexibility index (Phi) is 12.5. The maximum Gasteiger partial charge on any atom is 0.0541 e. The van der Waals surface area contributed by atoms with Crippen molar-refractivity contribution in [3.05, 3.63) is 289 Å². The molecule has 0 aliphatic heterocycles. The maximum absolute atomic E-state index is 2.42. The Morgan fingerprint density at radius 2 is 0.488 bits per heavy atom. The Morgan fingerprint density at radius 3 is 0.814 bits per heavy atom. The van der Waals surface area contributed by atoms with E-state index in [0.29, 0.717) is 0 Å². The smallest absolute Gasteiger partial charge is 0.0541 e. The molecule has 0 unspecified atom stereocenters. The van der Waals surface area contributed by atoms with Gasteiger partial charge < -0.3 is 9.13 Å². The molecule has 0 N–H and O–H groups in total. The lowest BCUT2D eigenvalue weighted by atomic mass is 9.84.